The quantitative estimate of drug-likeness (QED) is 0.790. The van der Waals surface area contributed by atoms with Gasteiger partial charge in [-0.15, -0.1) is 0 Å². The Morgan fingerprint density at radius 1 is 1.16 bits per heavy atom. The molecule has 2 fully saturated rings. The number of nitrogens with one attached hydrogen (secondary N) is 1. The molecule has 1 N–H and O–H groups in total. The van der Waals surface area contributed by atoms with Gasteiger partial charge in [0.15, 0.2) is 0 Å². The third-order valence-electron chi connectivity index (χ3n) is 4.11. The highest BCUT2D eigenvalue weighted by Gasteiger charge is 2.36. The topological polar surface area (TPSA) is 33.7 Å². The van der Waals surface area contributed by atoms with E-state index in [1.807, 2.05) is 0 Å². The Bertz CT molecular complexity index is 245. The van der Waals surface area contributed by atoms with Crippen LogP contribution in [-0.2, 0) is 9.47 Å². The second-order valence-electron chi connectivity index (χ2n) is 6.57. The van der Waals surface area contributed by atoms with Gasteiger partial charge in [-0.2, -0.15) is 0 Å². The maximum atomic E-state index is 5.69. The molecule has 0 aromatic carbocycles. The van der Waals surface area contributed by atoms with Crippen LogP contribution in [0.1, 0.15) is 26.7 Å². The van der Waals surface area contributed by atoms with Gasteiger partial charge in [-0.1, -0.05) is 13.8 Å². The summed E-state index contributed by atoms with van der Waals surface area (Å²) in [5, 5.41) is 3.63. The molecule has 0 aliphatic carbocycles. The fraction of sp³-hybridized carbons (Fsp3) is 1.00. The molecule has 2 rings (SSSR count). The average Bonchev–Trinajstić information content (AvgIpc) is 2.66. The number of rotatable bonds is 6. The van der Waals surface area contributed by atoms with Crippen LogP contribution in [-0.4, -0.2) is 64.1 Å². The molecule has 4 heteroatoms. The zero-order valence-corrected chi connectivity index (χ0v) is 12.6. The average molecular weight is 270 g/mol. The zero-order chi connectivity index (χ0) is 13.6. The van der Waals surface area contributed by atoms with Crippen LogP contribution in [0.15, 0.2) is 0 Å². The van der Waals surface area contributed by atoms with E-state index in [4.69, 9.17) is 9.47 Å². The van der Waals surface area contributed by atoms with E-state index in [0.717, 1.165) is 59.0 Å². The summed E-state index contributed by atoms with van der Waals surface area (Å²) in [6.45, 7) is 13.8. The van der Waals surface area contributed by atoms with Crippen LogP contribution in [0.3, 0.4) is 0 Å². The van der Waals surface area contributed by atoms with Crippen LogP contribution in [0.4, 0.5) is 0 Å². The van der Waals surface area contributed by atoms with E-state index >= 15 is 0 Å². The molecule has 0 spiro atoms. The molecule has 0 saturated carbocycles. The molecule has 1 atom stereocenters. The smallest absolute Gasteiger partial charge is 0.0593 e. The molecule has 0 aromatic heterocycles. The van der Waals surface area contributed by atoms with Gasteiger partial charge in [0, 0.05) is 44.8 Å². The highest BCUT2D eigenvalue weighted by Crippen LogP contribution is 2.29. The van der Waals surface area contributed by atoms with Crippen molar-refractivity contribution in [3.05, 3.63) is 0 Å². The lowest BCUT2D eigenvalue weighted by atomic mass is 9.86. The zero-order valence-electron chi connectivity index (χ0n) is 12.6. The molecule has 2 aliphatic rings. The Labute approximate surface area is 117 Å². The third-order valence-corrected chi connectivity index (χ3v) is 4.11. The van der Waals surface area contributed by atoms with Crippen molar-refractivity contribution in [3.8, 4) is 0 Å². The molecular weight excluding hydrogens is 240 g/mol. The lowest BCUT2D eigenvalue weighted by Crippen LogP contribution is -2.46. The van der Waals surface area contributed by atoms with Gasteiger partial charge in [-0.3, -0.25) is 0 Å². The monoisotopic (exact) mass is 270 g/mol. The second kappa shape index (κ2) is 7.58. The van der Waals surface area contributed by atoms with Gasteiger partial charge in [0.2, 0.25) is 0 Å². The van der Waals surface area contributed by atoms with E-state index in [0.29, 0.717) is 11.3 Å². The summed E-state index contributed by atoms with van der Waals surface area (Å²) in [4.78, 5) is 2.57. The predicted octanol–water partition coefficient (Wildman–Crippen LogP) is 1.36. The summed E-state index contributed by atoms with van der Waals surface area (Å²) in [6.07, 6.45) is 2.35. The fourth-order valence-electron chi connectivity index (χ4n) is 3.03. The van der Waals surface area contributed by atoms with Crippen LogP contribution < -0.4 is 5.32 Å². The summed E-state index contributed by atoms with van der Waals surface area (Å²) in [5.41, 5.74) is 0.319. The van der Waals surface area contributed by atoms with E-state index in [1.165, 1.54) is 13.0 Å². The Kier molecular flexibility index (Phi) is 6.07. The Morgan fingerprint density at radius 2 is 2.05 bits per heavy atom. The first kappa shape index (κ1) is 15.2. The van der Waals surface area contributed by atoms with Crippen molar-refractivity contribution < 1.29 is 9.47 Å². The molecule has 1 unspecified atom stereocenters. The SMILES string of the molecule is CC(C)CNCC1(CN2CCCOCC2)CCOC1. The minimum absolute atomic E-state index is 0.319. The van der Waals surface area contributed by atoms with Gasteiger partial charge in [-0.25, -0.2) is 0 Å². The van der Waals surface area contributed by atoms with Crippen molar-refractivity contribution in [3.63, 3.8) is 0 Å². The van der Waals surface area contributed by atoms with Gasteiger partial charge in [0.25, 0.3) is 0 Å². The molecule has 0 radical (unpaired) electrons. The fourth-order valence-corrected chi connectivity index (χ4v) is 3.03. The molecule has 19 heavy (non-hydrogen) atoms. The highest BCUT2D eigenvalue weighted by molar-refractivity contribution is 4.89. The van der Waals surface area contributed by atoms with Crippen LogP contribution in [0.25, 0.3) is 0 Å². The summed E-state index contributed by atoms with van der Waals surface area (Å²) >= 11 is 0. The second-order valence-corrected chi connectivity index (χ2v) is 6.57. The van der Waals surface area contributed by atoms with Crippen LogP contribution >= 0.6 is 0 Å². The molecular formula is C15H30N2O2. The van der Waals surface area contributed by atoms with E-state index in [2.05, 4.69) is 24.1 Å². The molecule has 0 bridgehead atoms. The van der Waals surface area contributed by atoms with Gasteiger partial charge in [-0.05, 0) is 25.3 Å². The maximum Gasteiger partial charge on any atom is 0.0593 e. The molecule has 2 heterocycles. The van der Waals surface area contributed by atoms with E-state index in [1.54, 1.807) is 0 Å². The van der Waals surface area contributed by atoms with Crippen molar-refractivity contribution in [1.29, 1.82) is 0 Å². The number of nitrogens with zero attached hydrogens (tertiary/aromatic N) is 1. The molecule has 2 aliphatic heterocycles. The third kappa shape index (κ3) is 5.03. The first-order chi connectivity index (χ1) is 9.20. The normalized spacial score (nSPS) is 29.8. The van der Waals surface area contributed by atoms with Crippen LogP contribution in [0.5, 0.6) is 0 Å². The molecule has 0 amide bonds. The summed E-state index contributed by atoms with van der Waals surface area (Å²) < 4.78 is 11.2. The van der Waals surface area contributed by atoms with Crippen molar-refractivity contribution >= 4 is 0 Å². The Hall–Kier alpha value is -0.160. The van der Waals surface area contributed by atoms with Crippen molar-refractivity contribution in [2.45, 2.75) is 26.7 Å². The minimum Gasteiger partial charge on any atom is -0.381 e. The summed E-state index contributed by atoms with van der Waals surface area (Å²) in [7, 11) is 0. The predicted molar refractivity (Wildman–Crippen MR) is 77.5 cm³/mol. The lowest BCUT2D eigenvalue weighted by Gasteiger charge is -2.34. The number of hydrogen-bond acceptors (Lipinski definition) is 4. The molecule has 4 nitrogen and oxygen atoms in total. The van der Waals surface area contributed by atoms with E-state index < -0.39 is 0 Å². The van der Waals surface area contributed by atoms with Crippen LogP contribution in [0.2, 0.25) is 0 Å². The Balaban J connectivity index is 1.83. The van der Waals surface area contributed by atoms with Crippen molar-refractivity contribution in [1.82, 2.24) is 10.2 Å². The van der Waals surface area contributed by atoms with Gasteiger partial charge in [0.05, 0.1) is 13.2 Å². The van der Waals surface area contributed by atoms with Gasteiger partial charge >= 0.3 is 0 Å². The molecule has 2 saturated heterocycles. The summed E-state index contributed by atoms with van der Waals surface area (Å²) in [6, 6.07) is 0. The van der Waals surface area contributed by atoms with E-state index in [9.17, 15) is 0 Å². The minimum atomic E-state index is 0.319. The largest absolute Gasteiger partial charge is 0.381 e. The molecule has 0 aromatic rings. The van der Waals surface area contributed by atoms with Crippen molar-refractivity contribution in [2.75, 3.05) is 59.2 Å². The number of hydrogen-bond donors (Lipinski definition) is 1. The first-order valence-corrected chi connectivity index (χ1v) is 7.79. The van der Waals surface area contributed by atoms with Crippen LogP contribution in [0, 0.1) is 11.3 Å². The standard InChI is InChI=1S/C15H30N2O2/c1-14(2)10-16-11-15(4-8-19-13-15)12-17-5-3-7-18-9-6-17/h14,16H,3-13H2,1-2H3. The lowest BCUT2D eigenvalue weighted by molar-refractivity contribution is 0.0999. The number of ether oxygens (including phenoxy) is 2. The van der Waals surface area contributed by atoms with E-state index in [-0.39, 0.29) is 0 Å². The maximum absolute atomic E-state index is 5.69. The Morgan fingerprint density at radius 3 is 2.79 bits per heavy atom. The first-order valence-electron chi connectivity index (χ1n) is 7.79. The van der Waals surface area contributed by atoms with Gasteiger partial charge in [0.1, 0.15) is 0 Å². The highest BCUT2D eigenvalue weighted by atomic mass is 16.5. The van der Waals surface area contributed by atoms with Crippen molar-refractivity contribution in [2.24, 2.45) is 11.3 Å². The summed E-state index contributed by atoms with van der Waals surface area (Å²) in [5.74, 6) is 0.714. The van der Waals surface area contributed by atoms with Gasteiger partial charge < -0.3 is 19.7 Å². The molecule has 112 valence electrons.